The molecule has 17 heavy (non-hydrogen) atoms. The molecule has 1 aliphatic heterocycles. The van der Waals surface area contributed by atoms with Crippen molar-refractivity contribution in [3.05, 3.63) is 12.4 Å². The number of nitrogen functional groups attached to an aromatic ring is 1. The Morgan fingerprint density at radius 3 is 2.94 bits per heavy atom. The minimum atomic E-state index is -2.97. The summed E-state index contributed by atoms with van der Waals surface area (Å²) in [6.45, 7) is 0.0494. The summed E-state index contributed by atoms with van der Waals surface area (Å²) in [5.41, 5.74) is 5.95. The SMILES string of the molecule is Nc1cnn(CC(=O)NC2CCS(=O)(=O)C2)c1. The number of nitrogens with zero attached hydrogens (tertiary/aromatic N) is 2. The fourth-order valence-corrected chi connectivity index (χ4v) is 3.47. The van der Waals surface area contributed by atoms with Gasteiger partial charge in [0.25, 0.3) is 0 Å². The summed E-state index contributed by atoms with van der Waals surface area (Å²) < 4.78 is 23.8. The second-order valence-electron chi connectivity index (χ2n) is 4.14. The third-order valence-corrected chi connectivity index (χ3v) is 4.32. The minimum absolute atomic E-state index is 0.0278. The van der Waals surface area contributed by atoms with E-state index in [9.17, 15) is 13.2 Å². The zero-order valence-corrected chi connectivity index (χ0v) is 9.98. The van der Waals surface area contributed by atoms with E-state index in [0.717, 1.165) is 0 Å². The molecular formula is C9H14N4O3S. The third-order valence-electron chi connectivity index (χ3n) is 2.56. The van der Waals surface area contributed by atoms with Gasteiger partial charge < -0.3 is 11.1 Å². The van der Waals surface area contributed by atoms with Crippen LogP contribution in [0.3, 0.4) is 0 Å². The second kappa shape index (κ2) is 4.36. The van der Waals surface area contributed by atoms with Gasteiger partial charge in [-0.2, -0.15) is 5.10 Å². The number of hydrogen-bond donors (Lipinski definition) is 2. The average Bonchev–Trinajstić information content (AvgIpc) is 2.73. The topological polar surface area (TPSA) is 107 Å². The normalized spacial score (nSPS) is 22.5. The lowest BCUT2D eigenvalue weighted by Crippen LogP contribution is -2.37. The van der Waals surface area contributed by atoms with Crippen LogP contribution < -0.4 is 11.1 Å². The lowest BCUT2D eigenvalue weighted by molar-refractivity contribution is -0.122. The molecular weight excluding hydrogens is 244 g/mol. The van der Waals surface area contributed by atoms with E-state index in [1.807, 2.05) is 0 Å². The van der Waals surface area contributed by atoms with E-state index in [0.29, 0.717) is 12.1 Å². The van der Waals surface area contributed by atoms with Gasteiger partial charge in [0.05, 0.1) is 23.4 Å². The van der Waals surface area contributed by atoms with Crippen molar-refractivity contribution < 1.29 is 13.2 Å². The third kappa shape index (κ3) is 3.19. The molecule has 1 amide bonds. The van der Waals surface area contributed by atoms with Gasteiger partial charge >= 0.3 is 0 Å². The van der Waals surface area contributed by atoms with E-state index in [1.54, 1.807) is 6.20 Å². The van der Waals surface area contributed by atoms with Crippen LogP contribution in [-0.4, -0.2) is 41.7 Å². The van der Waals surface area contributed by atoms with Crippen LogP contribution in [0.25, 0.3) is 0 Å². The number of sulfone groups is 1. The van der Waals surface area contributed by atoms with E-state index in [2.05, 4.69) is 10.4 Å². The number of aromatic nitrogens is 2. The fourth-order valence-electron chi connectivity index (χ4n) is 1.80. The predicted molar refractivity (Wildman–Crippen MR) is 61.8 cm³/mol. The first kappa shape index (κ1) is 11.9. The van der Waals surface area contributed by atoms with Gasteiger partial charge in [-0.25, -0.2) is 8.42 Å². The zero-order valence-electron chi connectivity index (χ0n) is 9.17. The summed E-state index contributed by atoms with van der Waals surface area (Å²) in [5.74, 6) is -0.0812. The Bertz CT molecular complexity index is 522. The molecule has 1 fully saturated rings. The van der Waals surface area contributed by atoms with Gasteiger partial charge in [0.1, 0.15) is 6.54 Å². The molecule has 94 valence electrons. The standard InChI is InChI=1S/C9H14N4O3S/c10-7-3-11-13(4-7)5-9(14)12-8-1-2-17(15,16)6-8/h3-4,8H,1-2,5-6,10H2,(H,12,14). The van der Waals surface area contributed by atoms with Crippen molar-refractivity contribution in [2.45, 2.75) is 19.0 Å². The molecule has 2 rings (SSSR count). The van der Waals surface area contributed by atoms with Gasteiger partial charge in [-0.3, -0.25) is 9.48 Å². The highest BCUT2D eigenvalue weighted by atomic mass is 32.2. The molecule has 0 aliphatic carbocycles. The quantitative estimate of drug-likeness (QED) is 0.706. The summed E-state index contributed by atoms with van der Waals surface area (Å²) >= 11 is 0. The van der Waals surface area contributed by atoms with Crippen molar-refractivity contribution in [3.63, 3.8) is 0 Å². The average molecular weight is 258 g/mol. The number of anilines is 1. The first-order chi connectivity index (χ1) is 7.94. The van der Waals surface area contributed by atoms with Crippen LogP contribution in [-0.2, 0) is 21.2 Å². The molecule has 0 radical (unpaired) electrons. The van der Waals surface area contributed by atoms with Crippen molar-refractivity contribution in [1.29, 1.82) is 0 Å². The highest BCUT2D eigenvalue weighted by molar-refractivity contribution is 7.91. The Hall–Kier alpha value is -1.57. The number of rotatable bonds is 3. The van der Waals surface area contributed by atoms with Crippen LogP contribution >= 0.6 is 0 Å². The first-order valence-corrected chi connectivity index (χ1v) is 7.04. The first-order valence-electron chi connectivity index (χ1n) is 5.22. The Morgan fingerprint density at radius 2 is 2.41 bits per heavy atom. The molecule has 0 saturated carbocycles. The van der Waals surface area contributed by atoms with E-state index < -0.39 is 9.84 Å². The van der Waals surface area contributed by atoms with E-state index >= 15 is 0 Å². The molecule has 7 nitrogen and oxygen atoms in total. The van der Waals surface area contributed by atoms with Crippen molar-refractivity contribution in [1.82, 2.24) is 15.1 Å². The van der Waals surface area contributed by atoms with Crippen molar-refractivity contribution in [3.8, 4) is 0 Å². The molecule has 1 aromatic rings. The van der Waals surface area contributed by atoms with Crippen LogP contribution in [0.15, 0.2) is 12.4 Å². The van der Waals surface area contributed by atoms with Gasteiger partial charge in [-0.1, -0.05) is 0 Å². The van der Waals surface area contributed by atoms with Gasteiger partial charge in [0.15, 0.2) is 9.84 Å². The van der Waals surface area contributed by atoms with Gasteiger partial charge in [0, 0.05) is 12.2 Å². The highest BCUT2D eigenvalue weighted by Gasteiger charge is 2.28. The molecule has 0 aromatic carbocycles. The second-order valence-corrected chi connectivity index (χ2v) is 6.37. The van der Waals surface area contributed by atoms with Gasteiger partial charge in [-0.05, 0) is 6.42 Å². The maximum absolute atomic E-state index is 11.6. The van der Waals surface area contributed by atoms with Crippen LogP contribution in [0.1, 0.15) is 6.42 Å². The van der Waals surface area contributed by atoms with Crippen LogP contribution in [0, 0.1) is 0 Å². The number of amides is 1. The number of nitrogens with one attached hydrogen (secondary N) is 1. The van der Waals surface area contributed by atoms with Gasteiger partial charge in [-0.15, -0.1) is 0 Å². The maximum Gasteiger partial charge on any atom is 0.241 e. The fraction of sp³-hybridized carbons (Fsp3) is 0.556. The Labute approximate surface area is 98.9 Å². The lowest BCUT2D eigenvalue weighted by Gasteiger charge is -2.10. The Kier molecular flexibility index (Phi) is 3.05. The summed E-state index contributed by atoms with van der Waals surface area (Å²) in [6, 6.07) is -0.277. The van der Waals surface area contributed by atoms with Crippen LogP contribution in [0.4, 0.5) is 5.69 Å². The van der Waals surface area contributed by atoms with E-state index in [-0.39, 0.29) is 30.0 Å². The van der Waals surface area contributed by atoms with Crippen molar-refractivity contribution >= 4 is 21.4 Å². The molecule has 1 aliphatic rings. The molecule has 0 bridgehead atoms. The monoisotopic (exact) mass is 258 g/mol. The lowest BCUT2D eigenvalue weighted by atomic mass is 10.2. The minimum Gasteiger partial charge on any atom is -0.396 e. The maximum atomic E-state index is 11.6. The Balaban J connectivity index is 1.86. The predicted octanol–water partition coefficient (Wildman–Crippen LogP) is -1.23. The highest BCUT2D eigenvalue weighted by Crippen LogP contribution is 2.11. The van der Waals surface area contributed by atoms with Gasteiger partial charge in [0.2, 0.25) is 5.91 Å². The molecule has 1 aromatic heterocycles. The van der Waals surface area contributed by atoms with E-state index in [1.165, 1.54) is 10.9 Å². The number of carbonyl (C=O) groups is 1. The van der Waals surface area contributed by atoms with Crippen LogP contribution in [0.2, 0.25) is 0 Å². The summed E-state index contributed by atoms with van der Waals surface area (Å²) in [6.07, 6.45) is 3.48. The molecule has 0 spiro atoms. The number of carbonyl (C=O) groups excluding carboxylic acids is 1. The number of hydrogen-bond acceptors (Lipinski definition) is 5. The summed E-state index contributed by atoms with van der Waals surface area (Å²) in [5, 5.41) is 6.54. The van der Waals surface area contributed by atoms with Crippen LogP contribution in [0.5, 0.6) is 0 Å². The molecule has 1 atom stereocenters. The molecule has 2 heterocycles. The smallest absolute Gasteiger partial charge is 0.241 e. The van der Waals surface area contributed by atoms with Crippen molar-refractivity contribution in [2.24, 2.45) is 0 Å². The molecule has 1 unspecified atom stereocenters. The summed E-state index contributed by atoms with van der Waals surface area (Å²) in [4.78, 5) is 11.6. The largest absolute Gasteiger partial charge is 0.396 e. The molecule has 1 saturated heterocycles. The zero-order chi connectivity index (χ0) is 12.5. The molecule has 8 heteroatoms. The van der Waals surface area contributed by atoms with Crippen molar-refractivity contribution in [2.75, 3.05) is 17.2 Å². The Morgan fingerprint density at radius 1 is 1.65 bits per heavy atom. The molecule has 3 N–H and O–H groups in total. The van der Waals surface area contributed by atoms with E-state index in [4.69, 9.17) is 5.73 Å². The summed E-state index contributed by atoms with van der Waals surface area (Å²) in [7, 11) is -2.97. The number of nitrogens with two attached hydrogens (primary N) is 1.